The Hall–Kier alpha value is -3.36. The number of nitro groups is 1. The van der Waals surface area contributed by atoms with Crippen LogP contribution in [0.1, 0.15) is 17.3 Å². The fourth-order valence-electron chi connectivity index (χ4n) is 1.74. The molecule has 0 spiro atoms. The molecular weight excluding hydrogens is 321 g/mol. The first kappa shape index (κ1) is 17.0. The van der Waals surface area contributed by atoms with E-state index in [2.05, 4.69) is 10.3 Å². The molecule has 0 fully saturated rings. The van der Waals surface area contributed by atoms with Gasteiger partial charge in [-0.3, -0.25) is 19.9 Å². The van der Waals surface area contributed by atoms with E-state index in [0.717, 1.165) is 18.2 Å². The standard InChI is InChI=1S/C15H12FN3O5/c1-9(24-15(21)10-4-6-17-7-5-10)14(20)18-11-2-3-12(16)13(8-11)19(22)23/h2-9H,1H3,(H,18,20)/t9-/m1/s1. The summed E-state index contributed by atoms with van der Waals surface area (Å²) in [6.07, 6.45) is 1.65. The lowest BCUT2D eigenvalue weighted by Gasteiger charge is -2.13. The van der Waals surface area contributed by atoms with Crippen molar-refractivity contribution in [3.8, 4) is 0 Å². The van der Waals surface area contributed by atoms with Crippen molar-refractivity contribution in [2.75, 3.05) is 5.32 Å². The van der Waals surface area contributed by atoms with E-state index in [1.54, 1.807) is 0 Å². The molecular formula is C15H12FN3O5. The smallest absolute Gasteiger partial charge is 0.339 e. The van der Waals surface area contributed by atoms with Crippen LogP contribution in [0.15, 0.2) is 42.7 Å². The molecule has 2 aromatic rings. The van der Waals surface area contributed by atoms with E-state index in [1.807, 2.05) is 0 Å². The van der Waals surface area contributed by atoms with Crippen molar-refractivity contribution >= 4 is 23.3 Å². The van der Waals surface area contributed by atoms with Crippen LogP contribution >= 0.6 is 0 Å². The third-order valence-corrected chi connectivity index (χ3v) is 2.98. The zero-order chi connectivity index (χ0) is 17.7. The Morgan fingerprint density at radius 3 is 2.58 bits per heavy atom. The number of esters is 1. The summed E-state index contributed by atoms with van der Waals surface area (Å²) in [5, 5.41) is 13.0. The summed E-state index contributed by atoms with van der Waals surface area (Å²) >= 11 is 0. The number of nitro benzene ring substituents is 1. The maximum atomic E-state index is 13.2. The van der Waals surface area contributed by atoms with Gasteiger partial charge in [0.25, 0.3) is 5.91 Å². The summed E-state index contributed by atoms with van der Waals surface area (Å²) in [6, 6.07) is 5.76. The first-order valence-electron chi connectivity index (χ1n) is 6.74. The van der Waals surface area contributed by atoms with Gasteiger partial charge in [-0.05, 0) is 31.2 Å². The molecule has 1 amide bonds. The summed E-state index contributed by atoms with van der Waals surface area (Å²) in [6.45, 7) is 1.34. The minimum Gasteiger partial charge on any atom is -0.449 e. The number of ether oxygens (including phenoxy) is 1. The highest BCUT2D eigenvalue weighted by Gasteiger charge is 2.21. The number of amides is 1. The van der Waals surface area contributed by atoms with E-state index in [9.17, 15) is 24.1 Å². The number of hydrogen-bond donors (Lipinski definition) is 1. The van der Waals surface area contributed by atoms with Crippen molar-refractivity contribution in [3.63, 3.8) is 0 Å². The van der Waals surface area contributed by atoms with E-state index in [-0.39, 0.29) is 11.3 Å². The number of carbonyl (C=O) groups excluding carboxylic acids is 2. The highest BCUT2D eigenvalue weighted by atomic mass is 19.1. The summed E-state index contributed by atoms with van der Waals surface area (Å²) in [7, 11) is 0. The summed E-state index contributed by atoms with van der Waals surface area (Å²) in [5.74, 6) is -2.45. The second kappa shape index (κ2) is 7.27. The number of nitrogens with zero attached hydrogens (tertiary/aromatic N) is 2. The molecule has 24 heavy (non-hydrogen) atoms. The predicted octanol–water partition coefficient (Wildman–Crippen LogP) is 2.31. The number of nitrogens with one attached hydrogen (secondary N) is 1. The van der Waals surface area contributed by atoms with Crippen molar-refractivity contribution in [2.45, 2.75) is 13.0 Å². The van der Waals surface area contributed by atoms with E-state index in [1.165, 1.54) is 31.5 Å². The number of pyridine rings is 1. The average Bonchev–Trinajstić information content (AvgIpc) is 2.57. The molecule has 0 bridgehead atoms. The zero-order valence-electron chi connectivity index (χ0n) is 12.4. The van der Waals surface area contributed by atoms with Gasteiger partial charge in [-0.25, -0.2) is 4.79 Å². The predicted molar refractivity (Wildman–Crippen MR) is 80.8 cm³/mol. The molecule has 1 aromatic heterocycles. The molecule has 2 rings (SSSR count). The van der Waals surface area contributed by atoms with Crippen LogP contribution in [-0.4, -0.2) is 27.9 Å². The summed E-state index contributed by atoms with van der Waals surface area (Å²) in [5.41, 5.74) is -0.531. The summed E-state index contributed by atoms with van der Waals surface area (Å²) in [4.78, 5) is 37.3. The Balaban J connectivity index is 2.03. The van der Waals surface area contributed by atoms with Crippen molar-refractivity contribution in [1.29, 1.82) is 0 Å². The van der Waals surface area contributed by atoms with Gasteiger partial charge < -0.3 is 10.1 Å². The Morgan fingerprint density at radius 1 is 1.29 bits per heavy atom. The number of hydrogen-bond acceptors (Lipinski definition) is 6. The van der Waals surface area contributed by atoms with Crippen LogP contribution in [0.3, 0.4) is 0 Å². The third kappa shape index (κ3) is 4.09. The van der Waals surface area contributed by atoms with E-state index in [4.69, 9.17) is 4.74 Å². The molecule has 0 radical (unpaired) electrons. The molecule has 1 N–H and O–H groups in total. The minimum atomic E-state index is -1.16. The maximum absolute atomic E-state index is 13.2. The molecule has 0 aliphatic carbocycles. The normalized spacial score (nSPS) is 11.4. The number of aromatic nitrogens is 1. The average molecular weight is 333 g/mol. The third-order valence-electron chi connectivity index (χ3n) is 2.98. The van der Waals surface area contributed by atoms with Gasteiger partial charge in [-0.1, -0.05) is 0 Å². The zero-order valence-corrected chi connectivity index (χ0v) is 12.4. The van der Waals surface area contributed by atoms with Gasteiger partial charge in [-0.2, -0.15) is 4.39 Å². The molecule has 1 atom stereocenters. The van der Waals surface area contributed by atoms with Gasteiger partial charge >= 0.3 is 11.7 Å². The molecule has 1 heterocycles. The summed E-state index contributed by atoms with van der Waals surface area (Å²) < 4.78 is 18.2. The van der Waals surface area contributed by atoms with Crippen molar-refractivity contribution in [2.24, 2.45) is 0 Å². The first-order valence-corrected chi connectivity index (χ1v) is 6.74. The molecule has 0 saturated heterocycles. The fourth-order valence-corrected chi connectivity index (χ4v) is 1.74. The van der Waals surface area contributed by atoms with Gasteiger partial charge in [0.15, 0.2) is 6.10 Å². The van der Waals surface area contributed by atoms with Gasteiger partial charge in [0.1, 0.15) is 0 Å². The monoisotopic (exact) mass is 333 g/mol. The molecule has 0 aliphatic rings. The van der Waals surface area contributed by atoms with E-state index < -0.39 is 34.4 Å². The Bertz CT molecular complexity index is 782. The van der Waals surface area contributed by atoms with Gasteiger partial charge in [-0.15, -0.1) is 0 Å². The van der Waals surface area contributed by atoms with E-state index in [0.29, 0.717) is 0 Å². The van der Waals surface area contributed by atoms with Gasteiger partial charge in [0.2, 0.25) is 5.82 Å². The number of rotatable bonds is 5. The van der Waals surface area contributed by atoms with Gasteiger partial charge in [0.05, 0.1) is 10.5 Å². The lowest BCUT2D eigenvalue weighted by molar-refractivity contribution is -0.387. The maximum Gasteiger partial charge on any atom is 0.339 e. The Labute approximate surface area is 135 Å². The van der Waals surface area contributed by atoms with E-state index >= 15 is 0 Å². The molecule has 9 heteroatoms. The highest BCUT2D eigenvalue weighted by molar-refractivity contribution is 5.97. The lowest BCUT2D eigenvalue weighted by Crippen LogP contribution is -2.30. The van der Waals surface area contributed by atoms with Crippen LogP contribution in [0.2, 0.25) is 0 Å². The minimum absolute atomic E-state index is 0.0138. The SMILES string of the molecule is C[C@@H](OC(=O)c1ccncc1)C(=O)Nc1ccc(F)c([N+](=O)[O-])c1. The Morgan fingerprint density at radius 2 is 1.96 bits per heavy atom. The number of benzene rings is 1. The van der Waals surface area contributed by atoms with Crippen LogP contribution < -0.4 is 5.32 Å². The van der Waals surface area contributed by atoms with Crippen molar-refractivity contribution < 1.29 is 23.6 Å². The van der Waals surface area contributed by atoms with Crippen LogP contribution in [0, 0.1) is 15.9 Å². The number of carbonyl (C=O) groups is 2. The number of anilines is 1. The van der Waals surface area contributed by atoms with Crippen LogP contribution in [0.5, 0.6) is 0 Å². The highest BCUT2D eigenvalue weighted by Crippen LogP contribution is 2.21. The van der Waals surface area contributed by atoms with Crippen LogP contribution in [0.4, 0.5) is 15.8 Å². The Kier molecular flexibility index (Phi) is 5.15. The second-order valence-electron chi connectivity index (χ2n) is 4.70. The second-order valence-corrected chi connectivity index (χ2v) is 4.70. The number of halogens is 1. The molecule has 0 unspecified atom stereocenters. The van der Waals surface area contributed by atoms with Crippen LogP contribution in [0.25, 0.3) is 0 Å². The fraction of sp³-hybridized carbons (Fsp3) is 0.133. The molecule has 1 aromatic carbocycles. The van der Waals surface area contributed by atoms with Crippen LogP contribution in [-0.2, 0) is 9.53 Å². The molecule has 8 nitrogen and oxygen atoms in total. The van der Waals surface area contributed by atoms with Crippen molar-refractivity contribution in [1.82, 2.24) is 4.98 Å². The quantitative estimate of drug-likeness (QED) is 0.510. The molecule has 0 saturated carbocycles. The van der Waals surface area contributed by atoms with Gasteiger partial charge in [0, 0.05) is 24.1 Å². The largest absolute Gasteiger partial charge is 0.449 e. The molecule has 124 valence electrons. The lowest BCUT2D eigenvalue weighted by atomic mass is 10.2. The first-order chi connectivity index (χ1) is 11.4. The topological polar surface area (TPSA) is 111 Å². The molecule has 0 aliphatic heterocycles. The van der Waals surface area contributed by atoms with Crippen molar-refractivity contribution in [3.05, 3.63) is 64.2 Å².